The van der Waals surface area contributed by atoms with Crippen molar-refractivity contribution in [3.63, 3.8) is 0 Å². The van der Waals surface area contributed by atoms with Gasteiger partial charge in [-0.3, -0.25) is 4.79 Å². The van der Waals surface area contributed by atoms with E-state index in [2.05, 4.69) is 5.32 Å². The van der Waals surface area contributed by atoms with E-state index < -0.39 is 0 Å². The van der Waals surface area contributed by atoms with Crippen LogP contribution in [0.2, 0.25) is 0 Å². The Balaban J connectivity index is 1.59. The molecule has 27 heavy (non-hydrogen) atoms. The lowest BCUT2D eigenvalue weighted by Gasteiger charge is -2.15. The Kier molecular flexibility index (Phi) is 6.18. The predicted octanol–water partition coefficient (Wildman–Crippen LogP) is 3.27. The van der Waals surface area contributed by atoms with Crippen LogP contribution in [0.4, 0.5) is 10.1 Å². The van der Waals surface area contributed by atoms with Crippen molar-refractivity contribution in [2.24, 2.45) is 0 Å². The van der Waals surface area contributed by atoms with E-state index in [1.165, 1.54) is 12.1 Å². The number of rotatable bonds is 7. The summed E-state index contributed by atoms with van der Waals surface area (Å²) in [6, 6.07) is 23.1. The zero-order chi connectivity index (χ0) is 19.1. The molecule has 0 aliphatic rings. The topological polar surface area (TPSA) is 42.8 Å². The highest BCUT2D eigenvalue weighted by atomic mass is 19.1. The standard InChI is InChI=1S/C22H21FN2O2/c1-25(15-17-11-13-18(23)14-12-17)16-22(26)24-20-9-5-6-10-21(20)27-19-7-3-2-4-8-19/h2-14H,15-16H2,1H3,(H,24,26)/p+1. The highest BCUT2D eigenvalue weighted by Crippen LogP contribution is 2.28. The van der Waals surface area contributed by atoms with Gasteiger partial charge in [0.25, 0.3) is 5.91 Å². The second-order valence-electron chi connectivity index (χ2n) is 6.40. The summed E-state index contributed by atoms with van der Waals surface area (Å²) in [7, 11) is 1.93. The van der Waals surface area contributed by atoms with Crippen molar-refractivity contribution >= 4 is 11.6 Å². The van der Waals surface area contributed by atoms with E-state index >= 15 is 0 Å². The fraction of sp³-hybridized carbons (Fsp3) is 0.136. The fourth-order valence-electron chi connectivity index (χ4n) is 2.76. The molecule has 0 aliphatic carbocycles. The number of hydrogen-bond acceptors (Lipinski definition) is 2. The van der Waals surface area contributed by atoms with E-state index in [9.17, 15) is 9.18 Å². The number of carbonyl (C=O) groups is 1. The first-order chi connectivity index (χ1) is 13.1. The van der Waals surface area contributed by atoms with Crippen molar-refractivity contribution in [3.8, 4) is 11.5 Å². The second-order valence-corrected chi connectivity index (χ2v) is 6.40. The quantitative estimate of drug-likeness (QED) is 0.675. The van der Waals surface area contributed by atoms with Gasteiger partial charge in [0.15, 0.2) is 12.3 Å². The zero-order valence-corrected chi connectivity index (χ0v) is 15.1. The number of anilines is 1. The predicted molar refractivity (Wildman–Crippen MR) is 103 cm³/mol. The third-order valence-electron chi connectivity index (χ3n) is 4.01. The van der Waals surface area contributed by atoms with Crippen molar-refractivity contribution in [1.82, 2.24) is 0 Å². The number of ether oxygens (including phenoxy) is 1. The highest BCUT2D eigenvalue weighted by Gasteiger charge is 2.13. The van der Waals surface area contributed by atoms with Gasteiger partial charge >= 0.3 is 0 Å². The summed E-state index contributed by atoms with van der Waals surface area (Å²) >= 11 is 0. The molecule has 1 unspecified atom stereocenters. The number of quaternary nitrogens is 1. The van der Waals surface area contributed by atoms with Crippen molar-refractivity contribution in [2.45, 2.75) is 6.54 Å². The van der Waals surface area contributed by atoms with Crippen LogP contribution in [0.3, 0.4) is 0 Å². The average Bonchev–Trinajstić information content (AvgIpc) is 2.66. The Morgan fingerprint density at radius 3 is 2.37 bits per heavy atom. The number of nitrogens with one attached hydrogen (secondary N) is 2. The molecule has 3 rings (SSSR count). The maximum absolute atomic E-state index is 13.0. The van der Waals surface area contributed by atoms with E-state index in [1.807, 2.05) is 61.6 Å². The molecule has 0 bridgehead atoms. The minimum Gasteiger partial charge on any atom is -0.455 e. The van der Waals surface area contributed by atoms with Gasteiger partial charge in [0.1, 0.15) is 18.1 Å². The zero-order valence-electron chi connectivity index (χ0n) is 15.1. The van der Waals surface area contributed by atoms with Gasteiger partial charge < -0.3 is 15.0 Å². The van der Waals surface area contributed by atoms with Crippen LogP contribution < -0.4 is 15.0 Å². The monoisotopic (exact) mass is 365 g/mol. The van der Waals surface area contributed by atoms with Crippen LogP contribution in [-0.4, -0.2) is 19.5 Å². The molecule has 5 heteroatoms. The molecule has 0 spiro atoms. The molecule has 4 nitrogen and oxygen atoms in total. The number of para-hydroxylation sites is 3. The summed E-state index contributed by atoms with van der Waals surface area (Å²) < 4.78 is 18.9. The average molecular weight is 365 g/mol. The number of benzene rings is 3. The van der Waals surface area contributed by atoms with Crippen LogP contribution in [0.25, 0.3) is 0 Å². The number of hydrogen-bond donors (Lipinski definition) is 2. The first kappa shape index (κ1) is 18.6. The van der Waals surface area contributed by atoms with Crippen molar-refractivity contribution in [3.05, 3.63) is 90.2 Å². The second kappa shape index (κ2) is 8.96. The molecular weight excluding hydrogens is 343 g/mol. The normalized spacial score (nSPS) is 11.6. The van der Waals surface area contributed by atoms with Gasteiger partial charge in [-0.05, 0) is 36.4 Å². The Morgan fingerprint density at radius 1 is 0.963 bits per heavy atom. The first-order valence-corrected chi connectivity index (χ1v) is 8.77. The van der Waals surface area contributed by atoms with Gasteiger partial charge in [-0.1, -0.05) is 42.5 Å². The summed E-state index contributed by atoms with van der Waals surface area (Å²) in [5.41, 5.74) is 1.61. The van der Waals surface area contributed by atoms with Gasteiger partial charge in [-0.2, -0.15) is 0 Å². The summed E-state index contributed by atoms with van der Waals surface area (Å²) in [4.78, 5) is 13.4. The third kappa shape index (κ3) is 5.66. The van der Waals surface area contributed by atoms with E-state index in [-0.39, 0.29) is 18.3 Å². The lowest BCUT2D eigenvalue weighted by atomic mass is 10.2. The number of halogens is 1. The van der Waals surface area contributed by atoms with Gasteiger partial charge in [-0.25, -0.2) is 4.39 Å². The van der Waals surface area contributed by atoms with E-state index in [1.54, 1.807) is 12.1 Å². The number of carbonyl (C=O) groups excluding carboxylic acids is 1. The largest absolute Gasteiger partial charge is 0.455 e. The SMILES string of the molecule is C[NH+](CC(=O)Nc1ccccc1Oc1ccccc1)Cc1ccc(F)cc1. The lowest BCUT2D eigenvalue weighted by Crippen LogP contribution is -3.08. The van der Waals surface area contributed by atoms with Crippen LogP contribution in [-0.2, 0) is 11.3 Å². The van der Waals surface area contributed by atoms with Gasteiger partial charge in [0, 0.05) is 5.56 Å². The summed E-state index contributed by atoms with van der Waals surface area (Å²) in [6.45, 7) is 0.924. The number of amides is 1. The summed E-state index contributed by atoms with van der Waals surface area (Å²) in [6.07, 6.45) is 0. The van der Waals surface area contributed by atoms with Gasteiger partial charge in [0.2, 0.25) is 0 Å². The van der Waals surface area contributed by atoms with Gasteiger partial charge in [-0.15, -0.1) is 0 Å². The third-order valence-corrected chi connectivity index (χ3v) is 4.01. The Bertz CT molecular complexity index is 882. The molecule has 1 atom stereocenters. The molecule has 138 valence electrons. The minimum atomic E-state index is -0.260. The molecule has 0 saturated heterocycles. The fourth-order valence-corrected chi connectivity index (χ4v) is 2.76. The van der Waals surface area contributed by atoms with E-state index in [4.69, 9.17) is 4.74 Å². The molecule has 3 aromatic rings. The van der Waals surface area contributed by atoms with E-state index in [0.717, 1.165) is 10.5 Å². The first-order valence-electron chi connectivity index (χ1n) is 8.77. The molecule has 0 aliphatic heterocycles. The molecule has 0 saturated carbocycles. The molecule has 0 aromatic heterocycles. The van der Waals surface area contributed by atoms with Crippen molar-refractivity contribution < 1.29 is 18.8 Å². The van der Waals surface area contributed by atoms with Crippen LogP contribution in [0, 0.1) is 5.82 Å². The molecule has 0 fully saturated rings. The van der Waals surface area contributed by atoms with E-state index in [0.29, 0.717) is 23.7 Å². The number of likely N-dealkylation sites (N-methyl/N-ethyl adjacent to an activating group) is 1. The maximum Gasteiger partial charge on any atom is 0.279 e. The molecular formula is C22H22FN2O2+. The molecule has 0 radical (unpaired) electrons. The molecule has 0 heterocycles. The summed E-state index contributed by atoms with van der Waals surface area (Å²) in [5, 5.41) is 2.91. The Labute approximate surface area is 158 Å². The van der Waals surface area contributed by atoms with Crippen molar-refractivity contribution in [1.29, 1.82) is 0 Å². The molecule has 3 aromatic carbocycles. The highest BCUT2D eigenvalue weighted by molar-refractivity contribution is 5.93. The van der Waals surface area contributed by atoms with Gasteiger partial charge in [0.05, 0.1) is 12.7 Å². The Hall–Kier alpha value is -3.18. The summed E-state index contributed by atoms with van der Waals surface area (Å²) in [5.74, 6) is 0.925. The van der Waals surface area contributed by atoms with Crippen LogP contribution in [0.15, 0.2) is 78.9 Å². The van der Waals surface area contributed by atoms with Crippen LogP contribution >= 0.6 is 0 Å². The minimum absolute atomic E-state index is 0.112. The maximum atomic E-state index is 13.0. The lowest BCUT2D eigenvalue weighted by molar-refractivity contribution is -0.885. The Morgan fingerprint density at radius 2 is 1.63 bits per heavy atom. The molecule has 2 N–H and O–H groups in total. The smallest absolute Gasteiger partial charge is 0.279 e. The molecule has 1 amide bonds. The van der Waals surface area contributed by atoms with Crippen LogP contribution in [0.1, 0.15) is 5.56 Å². The van der Waals surface area contributed by atoms with Crippen LogP contribution in [0.5, 0.6) is 11.5 Å². The van der Waals surface area contributed by atoms with Crippen molar-refractivity contribution in [2.75, 3.05) is 18.9 Å².